The minimum atomic E-state index is -0.434. The van der Waals surface area contributed by atoms with Crippen LogP contribution in [0, 0.1) is 17.3 Å². The molecule has 2 fully saturated rings. The summed E-state index contributed by atoms with van der Waals surface area (Å²) in [7, 11) is 0. The van der Waals surface area contributed by atoms with Crippen LogP contribution in [0.15, 0.2) is 36.4 Å². The molecule has 1 unspecified atom stereocenters. The topological polar surface area (TPSA) is 47.9 Å². The first-order valence-corrected chi connectivity index (χ1v) is 11.6. The van der Waals surface area contributed by atoms with Gasteiger partial charge in [0.15, 0.2) is 5.79 Å². The van der Waals surface area contributed by atoms with Gasteiger partial charge in [0.1, 0.15) is 11.9 Å². The molecule has 1 heterocycles. The first kappa shape index (κ1) is 20.2. The molecule has 152 valence electrons. The molecule has 0 radical (unpaired) electrons. The molecule has 4 nitrogen and oxygen atoms in total. The zero-order valence-corrected chi connectivity index (χ0v) is 18.1. The zero-order chi connectivity index (χ0) is 19.8. The van der Waals surface area contributed by atoms with Crippen LogP contribution in [0.25, 0.3) is 0 Å². The third kappa shape index (κ3) is 3.49. The Morgan fingerprint density at radius 1 is 1.39 bits per heavy atom. The Bertz CT molecular complexity index is 759. The van der Waals surface area contributed by atoms with E-state index in [0.717, 1.165) is 31.2 Å². The van der Waals surface area contributed by atoms with Gasteiger partial charge in [0.05, 0.1) is 13.2 Å². The van der Waals surface area contributed by atoms with Gasteiger partial charge in [-0.05, 0) is 67.3 Å². The van der Waals surface area contributed by atoms with E-state index >= 15 is 0 Å². The molecule has 1 aromatic rings. The van der Waals surface area contributed by atoms with Gasteiger partial charge in [-0.25, -0.2) is 0 Å². The second kappa shape index (κ2) is 7.98. The van der Waals surface area contributed by atoms with Crippen molar-refractivity contribution in [1.29, 1.82) is 0 Å². The van der Waals surface area contributed by atoms with Crippen molar-refractivity contribution < 1.29 is 19.3 Å². The summed E-state index contributed by atoms with van der Waals surface area (Å²) >= 11 is 6.79. The number of hydrogen-bond acceptors (Lipinski definition) is 6. The molecular formula is C22H28O4S2. The van der Waals surface area contributed by atoms with Gasteiger partial charge in [-0.3, -0.25) is 0 Å². The quantitative estimate of drug-likeness (QED) is 0.532. The standard InChI is InChI=1S/C22H28O4S2/c1-21-9-4-6-15(18(21)8-10-22(21)24-11-12-25-22)14-19(26-20(27)28-2)16-5-3-7-17(23)13-16/h3-7,13,15,18-19,23H,8-12,14H2,1-2H3/t15-,18-,19?,21-/m0/s1. The van der Waals surface area contributed by atoms with Crippen LogP contribution in [0.4, 0.5) is 0 Å². The first-order chi connectivity index (χ1) is 13.5. The van der Waals surface area contributed by atoms with Crippen LogP contribution >= 0.6 is 24.0 Å². The van der Waals surface area contributed by atoms with Crippen LogP contribution in [0.2, 0.25) is 0 Å². The summed E-state index contributed by atoms with van der Waals surface area (Å²) in [5.41, 5.74) is 0.935. The van der Waals surface area contributed by atoms with Gasteiger partial charge >= 0.3 is 0 Å². The molecule has 28 heavy (non-hydrogen) atoms. The molecule has 3 aliphatic rings. The summed E-state index contributed by atoms with van der Waals surface area (Å²) < 4.78 is 19.0. The Hall–Kier alpha value is -1.08. The smallest absolute Gasteiger partial charge is 0.220 e. The van der Waals surface area contributed by atoms with Gasteiger partial charge in [0.2, 0.25) is 4.38 Å². The third-order valence-corrected chi connectivity index (χ3v) is 7.83. The molecule has 4 rings (SSSR count). The Kier molecular flexibility index (Phi) is 5.76. The lowest BCUT2D eigenvalue weighted by molar-refractivity contribution is -0.227. The van der Waals surface area contributed by atoms with Crippen LogP contribution in [-0.2, 0) is 14.2 Å². The Morgan fingerprint density at radius 3 is 2.89 bits per heavy atom. The normalized spacial score (nSPS) is 31.6. The van der Waals surface area contributed by atoms with Crippen LogP contribution in [0.5, 0.6) is 5.75 Å². The number of ether oxygens (including phenoxy) is 3. The molecule has 0 aromatic heterocycles. The van der Waals surface area contributed by atoms with E-state index < -0.39 is 5.79 Å². The summed E-state index contributed by atoms with van der Waals surface area (Å²) in [4.78, 5) is 0. The van der Waals surface area contributed by atoms with Crippen molar-refractivity contribution in [2.75, 3.05) is 19.5 Å². The Morgan fingerprint density at radius 2 is 2.18 bits per heavy atom. The molecular weight excluding hydrogens is 392 g/mol. The van der Waals surface area contributed by atoms with E-state index in [1.54, 1.807) is 12.1 Å². The maximum absolute atomic E-state index is 9.95. The molecule has 1 saturated heterocycles. The lowest BCUT2D eigenvalue weighted by Crippen LogP contribution is -2.48. The van der Waals surface area contributed by atoms with E-state index in [4.69, 9.17) is 26.4 Å². The number of allylic oxidation sites excluding steroid dienone is 2. The van der Waals surface area contributed by atoms with Crippen LogP contribution in [0.1, 0.15) is 44.3 Å². The largest absolute Gasteiger partial charge is 0.508 e. The Labute approximate surface area is 176 Å². The van der Waals surface area contributed by atoms with E-state index in [1.807, 2.05) is 18.4 Å². The number of hydrogen-bond donors (Lipinski definition) is 1. The van der Waals surface area contributed by atoms with Crippen molar-refractivity contribution in [2.45, 2.75) is 44.5 Å². The predicted molar refractivity (Wildman–Crippen MR) is 115 cm³/mol. The minimum absolute atomic E-state index is 0.0215. The van der Waals surface area contributed by atoms with E-state index in [-0.39, 0.29) is 17.3 Å². The lowest BCUT2D eigenvalue weighted by Gasteiger charge is -2.46. The van der Waals surface area contributed by atoms with Gasteiger partial charge in [0, 0.05) is 11.8 Å². The fourth-order valence-corrected chi connectivity index (χ4v) is 5.74. The van der Waals surface area contributed by atoms with Crippen molar-refractivity contribution in [3.8, 4) is 5.75 Å². The number of aromatic hydroxyl groups is 1. The van der Waals surface area contributed by atoms with Gasteiger partial charge in [-0.15, -0.1) is 0 Å². The highest BCUT2D eigenvalue weighted by molar-refractivity contribution is 8.22. The second-order valence-corrected chi connectivity index (χ2v) is 9.61. The number of fused-ring (bicyclic) bond motifs is 2. The maximum Gasteiger partial charge on any atom is 0.220 e. The highest BCUT2D eigenvalue weighted by atomic mass is 32.2. The second-order valence-electron chi connectivity index (χ2n) is 8.20. The van der Waals surface area contributed by atoms with Gasteiger partial charge in [-0.1, -0.05) is 43.0 Å². The maximum atomic E-state index is 9.95. The van der Waals surface area contributed by atoms with E-state index in [0.29, 0.717) is 29.4 Å². The summed E-state index contributed by atoms with van der Waals surface area (Å²) in [6.45, 7) is 3.70. The van der Waals surface area contributed by atoms with E-state index in [2.05, 4.69) is 19.1 Å². The predicted octanol–water partition coefficient (Wildman–Crippen LogP) is 5.22. The summed E-state index contributed by atoms with van der Waals surface area (Å²) in [6, 6.07) is 7.31. The number of thioether (sulfide) groups is 1. The number of phenolic OH excluding ortho intramolecular Hbond substituents is 1. The van der Waals surface area contributed by atoms with E-state index in [9.17, 15) is 5.11 Å². The number of rotatable bonds is 4. The summed E-state index contributed by atoms with van der Waals surface area (Å²) in [5.74, 6) is 0.638. The molecule has 0 amide bonds. The molecule has 4 atom stereocenters. The molecule has 1 saturated carbocycles. The molecule has 1 spiro atoms. The Balaban J connectivity index is 1.59. The summed E-state index contributed by atoms with van der Waals surface area (Å²) in [6.07, 6.45) is 10.2. The first-order valence-electron chi connectivity index (χ1n) is 9.95. The SMILES string of the molecule is CSC(=S)OC(C[C@@H]1C=CC[C@@]2(C)[C@H]1CCC21OCCO1)c1cccc(O)c1. The van der Waals surface area contributed by atoms with Gasteiger partial charge in [-0.2, -0.15) is 0 Å². The molecule has 1 aromatic carbocycles. The molecule has 6 heteroatoms. The van der Waals surface area contributed by atoms with Crippen molar-refractivity contribution >= 4 is 28.4 Å². The fourth-order valence-electron chi connectivity index (χ4n) is 5.41. The number of thiocarbonyl (C=S) groups is 1. The van der Waals surface area contributed by atoms with Gasteiger partial charge in [0.25, 0.3) is 0 Å². The number of phenols is 1. The van der Waals surface area contributed by atoms with Crippen molar-refractivity contribution in [1.82, 2.24) is 0 Å². The monoisotopic (exact) mass is 420 g/mol. The van der Waals surface area contributed by atoms with Gasteiger partial charge < -0.3 is 19.3 Å². The van der Waals surface area contributed by atoms with Crippen LogP contribution < -0.4 is 0 Å². The molecule has 1 aliphatic heterocycles. The molecule has 1 N–H and O–H groups in total. The zero-order valence-electron chi connectivity index (χ0n) is 16.4. The average Bonchev–Trinajstić information content (AvgIpc) is 3.28. The lowest BCUT2D eigenvalue weighted by atomic mass is 9.64. The fraction of sp³-hybridized carbons (Fsp3) is 0.591. The van der Waals surface area contributed by atoms with Crippen molar-refractivity contribution in [2.24, 2.45) is 17.3 Å². The van der Waals surface area contributed by atoms with E-state index in [1.165, 1.54) is 11.8 Å². The third-order valence-electron chi connectivity index (χ3n) is 6.80. The van der Waals surface area contributed by atoms with Crippen molar-refractivity contribution in [3.05, 3.63) is 42.0 Å². The summed E-state index contributed by atoms with van der Waals surface area (Å²) in [5, 5.41) is 9.95. The number of benzene rings is 1. The minimum Gasteiger partial charge on any atom is -0.508 e. The highest BCUT2D eigenvalue weighted by Crippen LogP contribution is 2.61. The molecule has 2 aliphatic carbocycles. The molecule has 0 bridgehead atoms. The average molecular weight is 421 g/mol. The van der Waals surface area contributed by atoms with Crippen LogP contribution in [-0.4, -0.2) is 34.7 Å². The highest BCUT2D eigenvalue weighted by Gasteiger charge is 2.62. The van der Waals surface area contributed by atoms with Crippen molar-refractivity contribution in [3.63, 3.8) is 0 Å². The van der Waals surface area contributed by atoms with Crippen LogP contribution in [0.3, 0.4) is 0 Å².